The lowest BCUT2D eigenvalue weighted by atomic mass is 9.80. The van der Waals surface area contributed by atoms with Crippen molar-refractivity contribution in [3.05, 3.63) is 35.5 Å². The minimum absolute atomic E-state index is 0.00128. The normalized spacial score (nSPS) is 33.7. The number of aliphatic hydroxyl groups excluding tert-OH is 1. The van der Waals surface area contributed by atoms with Gasteiger partial charge in [0.15, 0.2) is 12.2 Å². The van der Waals surface area contributed by atoms with E-state index >= 15 is 0 Å². The molecular formula is C23H28O10. The Kier molecular flexibility index (Phi) is 7.08. The van der Waals surface area contributed by atoms with E-state index in [-0.39, 0.29) is 16.7 Å². The van der Waals surface area contributed by atoms with E-state index in [0.717, 1.165) is 6.92 Å². The fourth-order valence-corrected chi connectivity index (χ4v) is 4.31. The lowest BCUT2D eigenvalue weighted by molar-refractivity contribution is -0.168. The molecule has 10 nitrogen and oxygen atoms in total. The number of ether oxygens (including phenoxy) is 5. The number of allylic oxidation sites excluding steroid dienone is 1. The van der Waals surface area contributed by atoms with Gasteiger partial charge in [-0.05, 0) is 32.8 Å². The molecule has 2 heterocycles. The number of carbonyl (C=O) groups is 4. The van der Waals surface area contributed by atoms with Gasteiger partial charge in [-0.2, -0.15) is 0 Å². The van der Waals surface area contributed by atoms with Crippen LogP contribution in [0.5, 0.6) is 0 Å². The Morgan fingerprint density at radius 3 is 2.61 bits per heavy atom. The Morgan fingerprint density at radius 1 is 1.30 bits per heavy atom. The molecule has 2 saturated heterocycles. The molecule has 0 amide bonds. The van der Waals surface area contributed by atoms with E-state index in [9.17, 15) is 19.2 Å². The number of aliphatic hydroxyl groups is 1. The molecule has 33 heavy (non-hydrogen) atoms. The molecule has 0 saturated carbocycles. The number of hydrogen-bond donors (Lipinski definition) is 1. The monoisotopic (exact) mass is 464 g/mol. The molecule has 0 aromatic carbocycles. The number of epoxide rings is 1. The van der Waals surface area contributed by atoms with Crippen molar-refractivity contribution in [2.24, 2.45) is 5.92 Å². The summed E-state index contributed by atoms with van der Waals surface area (Å²) in [5.41, 5.74) is -0.579. The van der Waals surface area contributed by atoms with Crippen molar-refractivity contribution in [2.45, 2.75) is 63.6 Å². The lowest BCUT2D eigenvalue weighted by Crippen LogP contribution is -2.48. The van der Waals surface area contributed by atoms with Crippen LogP contribution in [0.3, 0.4) is 0 Å². The summed E-state index contributed by atoms with van der Waals surface area (Å²) in [6, 6.07) is 0. The first-order chi connectivity index (χ1) is 15.5. The van der Waals surface area contributed by atoms with Crippen LogP contribution >= 0.6 is 0 Å². The molecule has 1 N–H and O–H groups in total. The zero-order valence-corrected chi connectivity index (χ0v) is 19.0. The number of carbonyl (C=O) groups excluding carboxylic acids is 4. The fraction of sp³-hybridized carbons (Fsp3) is 0.565. The smallest absolute Gasteiger partial charge is 0.337 e. The number of hydrogen-bond acceptors (Lipinski definition) is 10. The van der Waals surface area contributed by atoms with E-state index < -0.39 is 66.4 Å². The molecule has 0 aromatic heterocycles. The van der Waals surface area contributed by atoms with Crippen LogP contribution in [0.1, 0.15) is 33.6 Å². The van der Waals surface area contributed by atoms with Crippen molar-refractivity contribution in [2.75, 3.05) is 13.7 Å². The SMILES string of the molecule is C=C1C(=O)OC2C1C(OC(=O)C(C)=CCO)C(OC(C)=O)C(C(=O)OC)=CCCC1(C)OC21. The number of methoxy groups -OCH3 is 1. The maximum atomic E-state index is 12.8. The second-order valence-corrected chi connectivity index (χ2v) is 8.43. The van der Waals surface area contributed by atoms with Crippen LogP contribution < -0.4 is 0 Å². The summed E-state index contributed by atoms with van der Waals surface area (Å²) in [6.45, 7) is 7.84. The first kappa shape index (κ1) is 24.7. The van der Waals surface area contributed by atoms with Gasteiger partial charge in [-0.3, -0.25) is 4.79 Å². The van der Waals surface area contributed by atoms with E-state index in [1.54, 1.807) is 6.08 Å². The molecule has 2 fully saturated rings. The first-order valence-electron chi connectivity index (χ1n) is 10.6. The summed E-state index contributed by atoms with van der Waals surface area (Å²) in [4.78, 5) is 50.0. The molecule has 1 aliphatic carbocycles. The Hall–Kier alpha value is -2.98. The summed E-state index contributed by atoms with van der Waals surface area (Å²) < 4.78 is 27.5. The average molecular weight is 464 g/mol. The molecule has 6 atom stereocenters. The summed E-state index contributed by atoms with van der Waals surface area (Å²) in [5.74, 6) is -4.02. The number of rotatable bonds is 5. The maximum absolute atomic E-state index is 12.8. The van der Waals surface area contributed by atoms with Crippen molar-refractivity contribution >= 4 is 23.9 Å². The van der Waals surface area contributed by atoms with Gasteiger partial charge in [0.2, 0.25) is 0 Å². The third-order valence-corrected chi connectivity index (χ3v) is 6.14. The second kappa shape index (κ2) is 9.48. The highest BCUT2D eigenvalue weighted by Gasteiger charge is 2.64. The predicted octanol–water partition coefficient (Wildman–Crippen LogP) is 0.917. The van der Waals surface area contributed by atoms with Crippen LogP contribution in [0.2, 0.25) is 0 Å². The number of esters is 4. The van der Waals surface area contributed by atoms with E-state index in [4.69, 9.17) is 28.8 Å². The molecule has 2 aliphatic heterocycles. The lowest BCUT2D eigenvalue weighted by Gasteiger charge is -2.33. The molecule has 180 valence electrons. The zero-order valence-electron chi connectivity index (χ0n) is 19.0. The molecule has 3 rings (SSSR count). The highest BCUT2D eigenvalue weighted by Crippen LogP contribution is 2.50. The van der Waals surface area contributed by atoms with Crippen molar-refractivity contribution in [1.29, 1.82) is 0 Å². The third-order valence-electron chi connectivity index (χ3n) is 6.14. The van der Waals surface area contributed by atoms with Gasteiger partial charge in [-0.15, -0.1) is 0 Å². The van der Waals surface area contributed by atoms with Gasteiger partial charge < -0.3 is 28.8 Å². The summed E-state index contributed by atoms with van der Waals surface area (Å²) in [5, 5.41) is 9.14. The molecule has 0 spiro atoms. The maximum Gasteiger partial charge on any atom is 0.337 e. The molecule has 10 heteroatoms. The molecule has 0 radical (unpaired) electrons. The Morgan fingerprint density at radius 2 is 2.00 bits per heavy atom. The minimum atomic E-state index is -1.40. The van der Waals surface area contributed by atoms with Crippen LogP contribution in [0.15, 0.2) is 35.5 Å². The van der Waals surface area contributed by atoms with Crippen LogP contribution in [0.4, 0.5) is 0 Å². The molecule has 3 aliphatic rings. The van der Waals surface area contributed by atoms with Crippen molar-refractivity contribution < 1.29 is 48.0 Å². The molecular weight excluding hydrogens is 436 g/mol. The second-order valence-electron chi connectivity index (χ2n) is 8.43. The zero-order chi connectivity index (χ0) is 24.5. The summed E-state index contributed by atoms with van der Waals surface area (Å²) >= 11 is 0. The van der Waals surface area contributed by atoms with Crippen molar-refractivity contribution in [1.82, 2.24) is 0 Å². The van der Waals surface area contributed by atoms with Crippen molar-refractivity contribution in [3.63, 3.8) is 0 Å². The predicted molar refractivity (Wildman–Crippen MR) is 111 cm³/mol. The largest absolute Gasteiger partial charge is 0.466 e. The van der Waals surface area contributed by atoms with Gasteiger partial charge in [-0.1, -0.05) is 12.7 Å². The summed E-state index contributed by atoms with van der Waals surface area (Å²) in [7, 11) is 1.17. The molecule has 0 aromatic rings. The topological polar surface area (TPSA) is 138 Å². The number of fused-ring (bicyclic) bond motifs is 3. The van der Waals surface area contributed by atoms with Crippen LogP contribution in [0.25, 0.3) is 0 Å². The first-order valence-corrected chi connectivity index (χ1v) is 10.6. The fourth-order valence-electron chi connectivity index (χ4n) is 4.31. The van der Waals surface area contributed by atoms with Crippen LogP contribution in [-0.4, -0.2) is 72.7 Å². The van der Waals surface area contributed by atoms with E-state index in [2.05, 4.69) is 6.58 Å². The highest BCUT2D eigenvalue weighted by atomic mass is 16.7. The quantitative estimate of drug-likeness (QED) is 0.270. The Balaban J connectivity index is 2.16. The van der Waals surface area contributed by atoms with Gasteiger partial charge in [0.1, 0.15) is 12.2 Å². The summed E-state index contributed by atoms with van der Waals surface area (Å²) in [6.07, 6.45) is -0.457. The Labute approximate surface area is 191 Å². The van der Waals surface area contributed by atoms with E-state index in [0.29, 0.717) is 12.8 Å². The van der Waals surface area contributed by atoms with Crippen LogP contribution in [0, 0.1) is 5.92 Å². The standard InChI is InChI=1S/C23H28O10/c1-11(8-10-24)20(26)31-17-15-12(2)21(27)32-18(15)19-23(4,33-19)9-6-7-14(22(28)29-5)16(17)30-13(3)25/h7-8,15-19,24H,2,6,9-10H2,1,3-5H3. The minimum Gasteiger partial charge on any atom is -0.466 e. The van der Waals surface area contributed by atoms with E-state index in [1.807, 2.05) is 6.92 Å². The van der Waals surface area contributed by atoms with Gasteiger partial charge in [0.05, 0.1) is 30.8 Å². The van der Waals surface area contributed by atoms with E-state index in [1.165, 1.54) is 20.1 Å². The molecule has 0 bridgehead atoms. The van der Waals surface area contributed by atoms with Gasteiger partial charge >= 0.3 is 23.9 Å². The van der Waals surface area contributed by atoms with Crippen LogP contribution in [-0.2, 0) is 42.9 Å². The van der Waals surface area contributed by atoms with Gasteiger partial charge in [-0.25, -0.2) is 14.4 Å². The van der Waals surface area contributed by atoms with Gasteiger partial charge in [0.25, 0.3) is 0 Å². The average Bonchev–Trinajstić information content (AvgIpc) is 3.34. The van der Waals surface area contributed by atoms with Gasteiger partial charge in [0, 0.05) is 18.1 Å². The van der Waals surface area contributed by atoms with Crippen molar-refractivity contribution in [3.8, 4) is 0 Å². The highest BCUT2D eigenvalue weighted by molar-refractivity contribution is 5.93. The third kappa shape index (κ3) is 4.86. The Bertz CT molecular complexity index is 932. The molecule has 6 unspecified atom stereocenters.